The molecule has 1 aliphatic rings. The Bertz CT molecular complexity index is 1100. The minimum absolute atomic E-state index is 0.0941. The van der Waals surface area contributed by atoms with Gasteiger partial charge in [0.25, 0.3) is 0 Å². The van der Waals surface area contributed by atoms with E-state index in [9.17, 15) is 14.7 Å². The maximum atomic E-state index is 12.3. The highest BCUT2D eigenvalue weighted by atomic mass is 35.5. The Morgan fingerprint density at radius 2 is 2.00 bits per heavy atom. The van der Waals surface area contributed by atoms with Gasteiger partial charge in [0.2, 0.25) is 5.91 Å². The molecule has 1 N–H and O–H groups in total. The number of carbonyl (C=O) groups is 2. The van der Waals surface area contributed by atoms with Gasteiger partial charge in [-0.2, -0.15) is 0 Å². The van der Waals surface area contributed by atoms with Gasteiger partial charge in [-0.3, -0.25) is 4.79 Å². The molecule has 0 unspecified atom stereocenters. The molecular weight excluding hydrogens is 449 g/mol. The molecule has 0 saturated carbocycles. The summed E-state index contributed by atoms with van der Waals surface area (Å²) in [7, 11) is 0. The number of ether oxygens (including phenoxy) is 1. The number of thioether (sulfide) groups is 1. The van der Waals surface area contributed by atoms with Gasteiger partial charge in [-0.05, 0) is 43.3 Å². The molecule has 1 aromatic heterocycles. The fraction of sp³-hybridized carbons (Fsp3) is 0.190. The van der Waals surface area contributed by atoms with Crippen molar-refractivity contribution in [3.63, 3.8) is 0 Å². The van der Waals surface area contributed by atoms with Crippen LogP contribution in [0.25, 0.3) is 17.4 Å². The fourth-order valence-electron chi connectivity index (χ4n) is 2.58. The fourth-order valence-corrected chi connectivity index (χ4v) is 4.09. The van der Waals surface area contributed by atoms with Crippen molar-refractivity contribution in [1.29, 1.82) is 0 Å². The molecule has 2 aromatic rings. The van der Waals surface area contributed by atoms with Crippen LogP contribution in [0.4, 0.5) is 0 Å². The number of carbonyl (C=O) groups excluding carboxylic acids is 2. The second-order valence-corrected chi connectivity index (χ2v) is 7.92. The summed E-state index contributed by atoms with van der Waals surface area (Å²) in [6.07, 6.45) is 1.72. The summed E-state index contributed by atoms with van der Waals surface area (Å²) in [6, 6.07) is 8.47. The Hall–Kier alpha value is -2.48. The molecule has 6 nitrogen and oxygen atoms in total. The predicted octanol–water partition coefficient (Wildman–Crippen LogP) is 6.05. The van der Waals surface area contributed by atoms with E-state index in [0.29, 0.717) is 32.0 Å². The third kappa shape index (κ3) is 4.80. The number of benzene rings is 1. The molecule has 1 aliphatic heterocycles. The van der Waals surface area contributed by atoms with E-state index in [0.717, 1.165) is 11.8 Å². The van der Waals surface area contributed by atoms with Gasteiger partial charge < -0.3 is 14.3 Å². The number of aliphatic hydroxyl groups excluding tert-OH is 1. The number of esters is 1. The largest absolute Gasteiger partial charge is 0.506 e. The number of halogens is 2. The first-order valence-electron chi connectivity index (χ1n) is 9.01. The van der Waals surface area contributed by atoms with Crippen molar-refractivity contribution in [3.8, 4) is 11.3 Å². The molecule has 0 saturated heterocycles. The first kappa shape index (κ1) is 22.2. The number of hydrogen-bond acceptors (Lipinski definition) is 6. The second-order valence-electron chi connectivity index (χ2n) is 6.05. The average molecular weight is 466 g/mol. The topological polar surface area (TPSA) is 89.1 Å². The Balaban J connectivity index is 1.97. The number of hydrogen-bond donors (Lipinski definition) is 1. The Morgan fingerprint density at radius 3 is 2.67 bits per heavy atom. The van der Waals surface area contributed by atoms with Crippen molar-refractivity contribution in [2.75, 3.05) is 6.61 Å². The van der Waals surface area contributed by atoms with Gasteiger partial charge in [0.05, 0.1) is 16.5 Å². The second kappa shape index (κ2) is 9.55. The number of furan rings is 1. The number of nitrogens with zero attached hydrogens (tertiary/aromatic N) is 1. The van der Waals surface area contributed by atoms with E-state index in [4.69, 9.17) is 32.4 Å². The van der Waals surface area contributed by atoms with Gasteiger partial charge in [0, 0.05) is 17.0 Å². The Kier molecular flexibility index (Phi) is 7.07. The lowest BCUT2D eigenvalue weighted by Gasteiger charge is -2.02. The molecule has 0 fully saturated rings. The van der Waals surface area contributed by atoms with Crippen molar-refractivity contribution < 1.29 is 23.8 Å². The summed E-state index contributed by atoms with van der Waals surface area (Å²) in [5.41, 5.74) is 0.523. The molecular formula is C21H17Cl2NO5S. The zero-order chi connectivity index (χ0) is 21.8. The maximum absolute atomic E-state index is 12.3. The van der Waals surface area contributed by atoms with Crippen LogP contribution in [0.15, 0.2) is 56.0 Å². The minimum Gasteiger partial charge on any atom is -0.506 e. The molecule has 156 valence electrons. The molecule has 0 radical (unpaired) electrons. The molecule has 30 heavy (non-hydrogen) atoms. The van der Waals surface area contributed by atoms with Crippen LogP contribution < -0.4 is 0 Å². The normalized spacial score (nSPS) is 16.5. The van der Waals surface area contributed by atoms with Crippen LogP contribution in [-0.2, 0) is 14.3 Å². The quantitative estimate of drug-likeness (QED) is 0.540. The minimum atomic E-state index is -0.748. The lowest BCUT2D eigenvalue weighted by atomic mass is 10.2. The van der Waals surface area contributed by atoms with E-state index in [-0.39, 0.29) is 29.4 Å². The van der Waals surface area contributed by atoms with Crippen molar-refractivity contribution in [3.05, 3.63) is 62.4 Å². The first-order chi connectivity index (χ1) is 14.3. The summed E-state index contributed by atoms with van der Waals surface area (Å²) < 4.78 is 10.8. The van der Waals surface area contributed by atoms with E-state index in [1.807, 2.05) is 0 Å². The van der Waals surface area contributed by atoms with Gasteiger partial charge >= 0.3 is 5.97 Å². The lowest BCUT2D eigenvalue weighted by Crippen LogP contribution is -2.14. The number of rotatable bonds is 5. The number of aliphatic hydroxyl groups is 1. The maximum Gasteiger partial charge on any atom is 0.344 e. The zero-order valence-corrected chi connectivity index (χ0v) is 18.4. The third-order valence-electron chi connectivity index (χ3n) is 4.00. The highest BCUT2D eigenvalue weighted by Gasteiger charge is 2.33. The highest BCUT2D eigenvalue weighted by Crippen LogP contribution is 2.40. The van der Waals surface area contributed by atoms with Crippen LogP contribution in [0, 0.1) is 0 Å². The van der Waals surface area contributed by atoms with Crippen molar-refractivity contribution >= 4 is 58.0 Å². The lowest BCUT2D eigenvalue weighted by molar-refractivity contribution is -0.138. The molecule has 0 atom stereocenters. The third-order valence-corrected chi connectivity index (χ3v) is 5.56. The predicted molar refractivity (Wildman–Crippen MR) is 119 cm³/mol. The zero-order valence-electron chi connectivity index (χ0n) is 16.1. The van der Waals surface area contributed by atoms with Gasteiger partial charge in [0.15, 0.2) is 0 Å². The summed E-state index contributed by atoms with van der Waals surface area (Å²) in [6.45, 7) is 3.43. The van der Waals surface area contributed by atoms with Crippen LogP contribution in [-0.4, -0.2) is 28.6 Å². The number of amides is 1. The van der Waals surface area contributed by atoms with Crippen LogP contribution in [0.5, 0.6) is 0 Å². The van der Waals surface area contributed by atoms with E-state index in [1.54, 1.807) is 50.3 Å². The average Bonchev–Trinajstić information content (AvgIpc) is 3.27. The van der Waals surface area contributed by atoms with Crippen molar-refractivity contribution in [2.45, 2.75) is 20.3 Å². The standard InChI is InChI=1S/C21H17Cl2NO5S/c1-3-17(25)24-20-18(21(27)28-4-2)19(26)16(30-20)10-12-6-8-15(29-12)13-7-5-11(22)9-14(13)23/h5-10,26H,3-4H2,1-2H3/b16-10-,24-20?. The summed E-state index contributed by atoms with van der Waals surface area (Å²) in [5.74, 6) is -0.553. The molecule has 9 heteroatoms. The summed E-state index contributed by atoms with van der Waals surface area (Å²) in [5, 5.41) is 11.6. The van der Waals surface area contributed by atoms with Crippen LogP contribution in [0.2, 0.25) is 10.0 Å². The Morgan fingerprint density at radius 1 is 1.23 bits per heavy atom. The van der Waals surface area contributed by atoms with Gasteiger partial charge in [0.1, 0.15) is 27.9 Å². The van der Waals surface area contributed by atoms with Gasteiger partial charge in [-0.25, -0.2) is 9.79 Å². The molecule has 0 spiro atoms. The van der Waals surface area contributed by atoms with E-state index in [2.05, 4.69) is 4.99 Å². The van der Waals surface area contributed by atoms with Gasteiger partial charge in [-0.1, -0.05) is 41.9 Å². The first-order valence-corrected chi connectivity index (χ1v) is 10.6. The molecule has 0 aliphatic carbocycles. The van der Waals surface area contributed by atoms with Crippen LogP contribution in [0.3, 0.4) is 0 Å². The summed E-state index contributed by atoms with van der Waals surface area (Å²) in [4.78, 5) is 28.3. The molecule has 1 amide bonds. The van der Waals surface area contributed by atoms with E-state index >= 15 is 0 Å². The van der Waals surface area contributed by atoms with Crippen molar-refractivity contribution in [1.82, 2.24) is 0 Å². The monoisotopic (exact) mass is 465 g/mol. The number of aliphatic imine (C=N–C) groups is 1. The van der Waals surface area contributed by atoms with E-state index in [1.165, 1.54) is 0 Å². The molecule has 1 aromatic carbocycles. The van der Waals surface area contributed by atoms with Gasteiger partial charge in [-0.15, -0.1) is 0 Å². The molecule has 0 bridgehead atoms. The van der Waals surface area contributed by atoms with Crippen molar-refractivity contribution in [2.24, 2.45) is 4.99 Å². The molecule has 2 heterocycles. The highest BCUT2D eigenvalue weighted by molar-refractivity contribution is 8.18. The SMILES string of the molecule is CCOC(=O)C1=C(O)/C(=C/c2ccc(-c3ccc(Cl)cc3Cl)o2)SC1=NC(=O)CC. The van der Waals surface area contributed by atoms with Crippen LogP contribution >= 0.6 is 35.0 Å². The smallest absolute Gasteiger partial charge is 0.344 e. The van der Waals surface area contributed by atoms with E-state index < -0.39 is 11.9 Å². The molecule has 3 rings (SSSR count). The van der Waals surface area contributed by atoms with Crippen LogP contribution in [0.1, 0.15) is 26.0 Å². The summed E-state index contributed by atoms with van der Waals surface area (Å²) >= 11 is 13.1. The Labute approximate surface area is 187 Å².